The molecule has 0 unspecified atom stereocenters. The first-order chi connectivity index (χ1) is 8.82. The number of halogens is 3. The highest BCUT2D eigenvalue weighted by atomic mass is 19.4. The fraction of sp³-hybridized carbons (Fsp3) is 0.231. The van der Waals surface area contributed by atoms with Gasteiger partial charge in [-0.05, 0) is 30.7 Å². The third-order valence-electron chi connectivity index (χ3n) is 2.77. The lowest BCUT2D eigenvalue weighted by Gasteiger charge is -2.04. The Bertz CT molecular complexity index is 663. The van der Waals surface area contributed by atoms with Crippen molar-refractivity contribution in [3.05, 3.63) is 41.2 Å². The highest BCUT2D eigenvalue weighted by molar-refractivity contribution is 5.60. The van der Waals surface area contributed by atoms with Crippen LogP contribution < -0.4 is 0 Å². The lowest BCUT2D eigenvalue weighted by atomic mass is 10.1. The molecule has 0 aliphatic carbocycles. The largest absolute Gasteiger partial charge is 0.434 e. The van der Waals surface area contributed by atoms with Crippen molar-refractivity contribution in [3.63, 3.8) is 0 Å². The number of nitriles is 1. The van der Waals surface area contributed by atoms with Crippen LogP contribution in [0.25, 0.3) is 11.4 Å². The molecule has 0 amide bonds. The number of imidazole rings is 1. The van der Waals surface area contributed by atoms with Crippen LogP contribution in [0, 0.1) is 18.3 Å². The van der Waals surface area contributed by atoms with Gasteiger partial charge in [0.25, 0.3) is 0 Å². The minimum atomic E-state index is -4.46. The summed E-state index contributed by atoms with van der Waals surface area (Å²) in [4.78, 5) is 3.60. The predicted octanol–water partition coefficient (Wildman–Crippen LogP) is 3.29. The third-order valence-corrected chi connectivity index (χ3v) is 2.77. The molecule has 0 bridgehead atoms. The van der Waals surface area contributed by atoms with Crippen LogP contribution in [0.15, 0.2) is 24.4 Å². The summed E-state index contributed by atoms with van der Waals surface area (Å²) in [6.07, 6.45) is -3.51. The summed E-state index contributed by atoms with van der Waals surface area (Å²) in [7, 11) is 1.51. The van der Waals surface area contributed by atoms with Crippen molar-refractivity contribution >= 4 is 0 Å². The summed E-state index contributed by atoms with van der Waals surface area (Å²) in [5.74, 6) is 0.222. The summed E-state index contributed by atoms with van der Waals surface area (Å²) in [5.41, 5.74) is 0.826. The van der Waals surface area contributed by atoms with Gasteiger partial charge in [-0.2, -0.15) is 18.4 Å². The van der Waals surface area contributed by atoms with Crippen LogP contribution in [-0.4, -0.2) is 9.55 Å². The van der Waals surface area contributed by atoms with Gasteiger partial charge in [-0.3, -0.25) is 0 Å². The van der Waals surface area contributed by atoms with E-state index in [9.17, 15) is 13.2 Å². The van der Waals surface area contributed by atoms with Crippen LogP contribution in [0.2, 0.25) is 0 Å². The molecule has 19 heavy (non-hydrogen) atoms. The molecule has 0 saturated heterocycles. The van der Waals surface area contributed by atoms with Gasteiger partial charge >= 0.3 is 6.18 Å². The number of hydrogen-bond donors (Lipinski definition) is 0. The second kappa shape index (κ2) is 4.43. The first kappa shape index (κ1) is 13.1. The van der Waals surface area contributed by atoms with E-state index in [4.69, 9.17) is 5.26 Å². The topological polar surface area (TPSA) is 41.6 Å². The Morgan fingerprint density at radius 3 is 2.47 bits per heavy atom. The van der Waals surface area contributed by atoms with Crippen molar-refractivity contribution in [1.82, 2.24) is 9.55 Å². The maximum absolute atomic E-state index is 12.6. The fourth-order valence-corrected chi connectivity index (χ4v) is 1.80. The summed E-state index contributed by atoms with van der Waals surface area (Å²) in [6.45, 7) is 1.73. The van der Waals surface area contributed by atoms with Crippen molar-refractivity contribution in [2.24, 2.45) is 7.05 Å². The molecular formula is C13H10F3N3. The first-order valence-corrected chi connectivity index (χ1v) is 5.44. The standard InChI is InChI=1S/C13H10F3N3/c1-8-5-9(3-4-10(8)6-17)12-18-11(7-19(12)2)13(14,15)16/h3-5,7H,1-2H3. The highest BCUT2D eigenvalue weighted by Crippen LogP contribution is 2.30. The average molecular weight is 265 g/mol. The Labute approximate surface area is 107 Å². The molecule has 1 aromatic heterocycles. The quantitative estimate of drug-likeness (QED) is 0.794. The number of nitrogens with zero attached hydrogens (tertiary/aromatic N) is 3. The monoisotopic (exact) mass is 265 g/mol. The number of alkyl halides is 3. The van der Waals surface area contributed by atoms with Crippen molar-refractivity contribution in [2.45, 2.75) is 13.1 Å². The molecule has 0 aliphatic rings. The molecule has 0 N–H and O–H groups in total. The summed E-state index contributed by atoms with van der Waals surface area (Å²) in [6, 6.07) is 6.83. The molecule has 1 heterocycles. The smallest absolute Gasteiger partial charge is 0.333 e. The van der Waals surface area contributed by atoms with Gasteiger partial charge in [0.2, 0.25) is 0 Å². The number of aryl methyl sites for hydroxylation is 2. The van der Waals surface area contributed by atoms with Crippen LogP contribution in [0.3, 0.4) is 0 Å². The highest BCUT2D eigenvalue weighted by Gasteiger charge is 2.34. The summed E-state index contributed by atoms with van der Waals surface area (Å²) < 4.78 is 39.1. The lowest BCUT2D eigenvalue weighted by molar-refractivity contribution is -0.140. The van der Waals surface area contributed by atoms with Gasteiger partial charge < -0.3 is 4.57 Å². The molecule has 98 valence electrons. The SMILES string of the molecule is Cc1cc(-c2nc(C(F)(F)F)cn2C)ccc1C#N. The van der Waals surface area contributed by atoms with Crippen LogP contribution in [0.4, 0.5) is 13.2 Å². The molecule has 2 rings (SSSR count). The Hall–Kier alpha value is -2.29. The normalized spacial score (nSPS) is 11.4. The Morgan fingerprint density at radius 2 is 2.00 bits per heavy atom. The molecule has 2 aromatic rings. The van der Waals surface area contributed by atoms with Gasteiger partial charge in [0.15, 0.2) is 5.69 Å². The second-order valence-electron chi connectivity index (χ2n) is 4.20. The van der Waals surface area contributed by atoms with Crippen molar-refractivity contribution in [2.75, 3.05) is 0 Å². The maximum atomic E-state index is 12.6. The minimum absolute atomic E-state index is 0.222. The van der Waals surface area contributed by atoms with Crippen molar-refractivity contribution in [3.8, 4) is 17.5 Å². The minimum Gasteiger partial charge on any atom is -0.333 e. The fourth-order valence-electron chi connectivity index (χ4n) is 1.80. The van der Waals surface area contributed by atoms with Gasteiger partial charge in [-0.25, -0.2) is 4.98 Å². The zero-order chi connectivity index (χ0) is 14.2. The van der Waals surface area contributed by atoms with Gasteiger partial charge in [-0.1, -0.05) is 0 Å². The van der Waals surface area contributed by atoms with Crippen molar-refractivity contribution < 1.29 is 13.2 Å². The average Bonchev–Trinajstić information content (AvgIpc) is 2.71. The molecule has 6 heteroatoms. The van der Waals surface area contributed by atoms with E-state index >= 15 is 0 Å². The molecule has 0 saturated carbocycles. The molecule has 0 atom stereocenters. The van der Waals surface area contributed by atoms with Gasteiger partial charge in [0, 0.05) is 18.8 Å². The molecule has 0 aliphatic heterocycles. The van der Waals surface area contributed by atoms with Crippen LogP contribution in [0.1, 0.15) is 16.8 Å². The summed E-state index contributed by atoms with van der Waals surface area (Å²) in [5, 5.41) is 8.83. The number of benzene rings is 1. The van der Waals surface area contributed by atoms with Crippen molar-refractivity contribution in [1.29, 1.82) is 5.26 Å². The second-order valence-corrected chi connectivity index (χ2v) is 4.20. The van der Waals surface area contributed by atoms with Gasteiger partial charge in [-0.15, -0.1) is 0 Å². The predicted molar refractivity (Wildman–Crippen MR) is 63.1 cm³/mol. The maximum Gasteiger partial charge on any atom is 0.434 e. The van der Waals surface area contributed by atoms with E-state index in [1.807, 2.05) is 6.07 Å². The molecule has 1 aromatic carbocycles. The van der Waals surface area contributed by atoms with Crippen LogP contribution in [-0.2, 0) is 13.2 Å². The van der Waals surface area contributed by atoms with E-state index < -0.39 is 11.9 Å². The Kier molecular flexibility index (Phi) is 3.06. The van der Waals surface area contributed by atoms with Gasteiger partial charge in [0.1, 0.15) is 5.82 Å². The van der Waals surface area contributed by atoms with Crippen LogP contribution >= 0.6 is 0 Å². The van der Waals surface area contributed by atoms with E-state index in [2.05, 4.69) is 4.98 Å². The third kappa shape index (κ3) is 2.45. The van der Waals surface area contributed by atoms with E-state index in [1.54, 1.807) is 25.1 Å². The number of rotatable bonds is 1. The molecule has 0 radical (unpaired) electrons. The molecule has 3 nitrogen and oxygen atoms in total. The number of hydrogen-bond acceptors (Lipinski definition) is 2. The van der Waals surface area contributed by atoms with E-state index in [0.29, 0.717) is 16.7 Å². The first-order valence-electron chi connectivity index (χ1n) is 5.44. The van der Waals surface area contributed by atoms with E-state index in [0.717, 1.165) is 6.20 Å². The summed E-state index contributed by atoms with van der Waals surface area (Å²) >= 11 is 0. The van der Waals surface area contributed by atoms with Crippen LogP contribution in [0.5, 0.6) is 0 Å². The lowest BCUT2D eigenvalue weighted by Crippen LogP contribution is -2.04. The molecule has 0 fully saturated rings. The number of aromatic nitrogens is 2. The van der Waals surface area contributed by atoms with E-state index in [-0.39, 0.29) is 5.82 Å². The Balaban J connectivity index is 2.51. The Morgan fingerprint density at radius 1 is 1.32 bits per heavy atom. The molecule has 0 spiro atoms. The van der Waals surface area contributed by atoms with Gasteiger partial charge in [0.05, 0.1) is 11.6 Å². The zero-order valence-corrected chi connectivity index (χ0v) is 10.3. The molecular weight excluding hydrogens is 255 g/mol. The zero-order valence-electron chi connectivity index (χ0n) is 10.3. The van der Waals surface area contributed by atoms with E-state index in [1.165, 1.54) is 11.6 Å².